The van der Waals surface area contributed by atoms with Crippen molar-refractivity contribution in [3.8, 4) is 11.4 Å². The fourth-order valence-corrected chi connectivity index (χ4v) is 4.09. The molecule has 5 heterocycles. The summed E-state index contributed by atoms with van der Waals surface area (Å²) < 4.78 is 39.7. The fourth-order valence-electron chi connectivity index (χ4n) is 4.09. The molecule has 0 spiro atoms. The van der Waals surface area contributed by atoms with E-state index in [0.717, 1.165) is 0 Å². The van der Waals surface area contributed by atoms with Gasteiger partial charge < -0.3 is 19.7 Å². The molecule has 1 N–H and O–H groups in total. The summed E-state index contributed by atoms with van der Waals surface area (Å²) in [6, 6.07) is 0.697. The van der Waals surface area contributed by atoms with E-state index in [4.69, 9.17) is 0 Å². The Balaban J connectivity index is 1.28. The predicted octanol–water partition coefficient (Wildman–Crippen LogP) is 2.32. The van der Waals surface area contributed by atoms with Gasteiger partial charge in [-0.15, -0.1) is 0 Å². The minimum absolute atomic E-state index is 0.186. The van der Waals surface area contributed by atoms with E-state index in [2.05, 4.69) is 36.8 Å². The van der Waals surface area contributed by atoms with Gasteiger partial charge in [0.25, 0.3) is 5.91 Å². The number of nitrogens with zero attached hydrogens (tertiary/aromatic N) is 9. The van der Waals surface area contributed by atoms with Gasteiger partial charge in [0.2, 0.25) is 11.9 Å². The Kier molecular flexibility index (Phi) is 6.00. The lowest BCUT2D eigenvalue weighted by Crippen LogP contribution is -2.54. The molecule has 0 radical (unpaired) electrons. The van der Waals surface area contributed by atoms with Crippen LogP contribution in [0.1, 0.15) is 23.5 Å². The van der Waals surface area contributed by atoms with E-state index in [-0.39, 0.29) is 42.3 Å². The van der Waals surface area contributed by atoms with Crippen LogP contribution in [-0.4, -0.2) is 79.6 Å². The highest BCUT2D eigenvalue weighted by molar-refractivity contribution is 6.02. The van der Waals surface area contributed by atoms with Gasteiger partial charge in [0.15, 0.2) is 17.3 Å². The molecule has 0 unspecified atom stereocenters. The number of hydrogen-bond acceptors (Lipinski definition) is 9. The first-order valence-electron chi connectivity index (χ1n) is 11.5. The highest BCUT2D eigenvalue weighted by Gasteiger charge is 2.47. The second-order valence-corrected chi connectivity index (χ2v) is 9.01. The Hall–Kier alpha value is -4.56. The molecule has 0 saturated carbocycles. The van der Waals surface area contributed by atoms with E-state index >= 15 is 0 Å². The lowest BCUT2D eigenvalue weighted by Gasteiger charge is -2.39. The average Bonchev–Trinajstić information content (AvgIpc) is 3.30. The SMILES string of the molecule is C=C1N(C)C(=O)c2c(ncn2[C@@H](C)C(=O)Nc2ccnc(-c3cnc(N4CC(C(F)(F)F)C4)nc3)n2)N1C. The lowest BCUT2D eigenvalue weighted by atomic mass is 10.0. The van der Waals surface area contributed by atoms with Crippen LogP contribution in [0.5, 0.6) is 0 Å². The van der Waals surface area contributed by atoms with Crippen LogP contribution in [0.25, 0.3) is 11.4 Å². The molecule has 2 aliphatic rings. The number of aromatic nitrogens is 6. The fraction of sp³-hybridized carbons (Fsp3) is 0.348. The highest BCUT2D eigenvalue weighted by atomic mass is 19.4. The van der Waals surface area contributed by atoms with Crippen molar-refractivity contribution < 1.29 is 22.8 Å². The van der Waals surface area contributed by atoms with E-state index in [0.29, 0.717) is 17.2 Å². The maximum absolute atomic E-state index is 13.0. The molecule has 15 heteroatoms. The molecule has 0 aliphatic carbocycles. The summed E-state index contributed by atoms with van der Waals surface area (Å²) in [4.78, 5) is 51.4. The minimum atomic E-state index is -4.23. The van der Waals surface area contributed by atoms with E-state index in [9.17, 15) is 22.8 Å². The number of carbonyl (C=O) groups excluding carboxylic acids is 2. The Morgan fingerprint density at radius 3 is 2.47 bits per heavy atom. The van der Waals surface area contributed by atoms with Gasteiger partial charge in [0, 0.05) is 45.8 Å². The Morgan fingerprint density at radius 2 is 1.82 bits per heavy atom. The molecule has 3 aromatic rings. The molecule has 1 atom stereocenters. The topological polar surface area (TPSA) is 125 Å². The van der Waals surface area contributed by atoms with Gasteiger partial charge >= 0.3 is 6.18 Å². The van der Waals surface area contributed by atoms with E-state index in [1.165, 1.54) is 45.4 Å². The molecule has 0 aromatic carbocycles. The van der Waals surface area contributed by atoms with Crippen molar-refractivity contribution in [2.24, 2.45) is 5.92 Å². The number of carbonyl (C=O) groups is 2. The van der Waals surface area contributed by atoms with Crippen LogP contribution < -0.4 is 15.1 Å². The third kappa shape index (κ3) is 4.29. The smallest absolute Gasteiger partial charge is 0.339 e. The maximum atomic E-state index is 13.0. The monoisotopic (exact) mass is 528 g/mol. The standard InChI is InChI=1S/C23H23F3N10O2/c1-12(36-11-30-19-17(36)21(38)34(4)13(2)33(19)3)20(37)32-16-5-6-27-18(31-16)14-7-28-22(29-8-14)35-9-15(10-35)23(24,25)26/h5-8,11-12,15H,2,9-10H2,1,3-4H3,(H,27,31,32,37)/t12-/m0/s1. The molecule has 2 aliphatic heterocycles. The summed E-state index contributed by atoms with van der Waals surface area (Å²) in [5.74, 6) is -0.690. The zero-order valence-corrected chi connectivity index (χ0v) is 20.6. The number of anilines is 3. The number of alkyl halides is 3. The number of fused-ring (bicyclic) bond motifs is 1. The van der Waals surface area contributed by atoms with Gasteiger partial charge in [-0.05, 0) is 13.0 Å². The van der Waals surface area contributed by atoms with Gasteiger partial charge in [-0.3, -0.25) is 14.5 Å². The van der Waals surface area contributed by atoms with Crippen LogP contribution in [0.4, 0.5) is 30.8 Å². The number of rotatable bonds is 5. The van der Waals surface area contributed by atoms with Crippen molar-refractivity contribution in [2.45, 2.75) is 19.1 Å². The number of nitrogens with one attached hydrogen (secondary N) is 1. The second kappa shape index (κ2) is 9.08. The first kappa shape index (κ1) is 25.1. The van der Waals surface area contributed by atoms with Crippen molar-refractivity contribution in [1.82, 2.24) is 34.4 Å². The van der Waals surface area contributed by atoms with Crippen LogP contribution in [-0.2, 0) is 4.79 Å². The molecule has 198 valence electrons. The number of imidazole rings is 1. The van der Waals surface area contributed by atoms with Crippen molar-refractivity contribution in [1.29, 1.82) is 0 Å². The molecule has 5 rings (SSSR count). The van der Waals surface area contributed by atoms with Crippen LogP contribution in [0.3, 0.4) is 0 Å². The molecule has 12 nitrogen and oxygen atoms in total. The predicted molar refractivity (Wildman–Crippen MR) is 130 cm³/mol. The summed E-state index contributed by atoms with van der Waals surface area (Å²) in [7, 11) is 3.32. The van der Waals surface area contributed by atoms with Crippen LogP contribution in [0, 0.1) is 5.92 Å². The first-order chi connectivity index (χ1) is 18.0. The summed E-state index contributed by atoms with van der Waals surface area (Å²) in [6.45, 7) is 5.12. The zero-order valence-electron chi connectivity index (χ0n) is 20.6. The summed E-state index contributed by atoms with van der Waals surface area (Å²) in [5.41, 5.74) is 0.681. The molecule has 3 aromatic heterocycles. The van der Waals surface area contributed by atoms with Crippen molar-refractivity contribution in [3.05, 3.63) is 49.1 Å². The Labute approximate surface area is 214 Å². The van der Waals surface area contributed by atoms with E-state index in [1.807, 2.05) is 0 Å². The van der Waals surface area contributed by atoms with Crippen molar-refractivity contribution in [3.63, 3.8) is 0 Å². The highest BCUT2D eigenvalue weighted by Crippen LogP contribution is 2.35. The lowest BCUT2D eigenvalue weighted by molar-refractivity contribution is -0.180. The van der Waals surface area contributed by atoms with Crippen molar-refractivity contribution >= 4 is 29.4 Å². The third-order valence-corrected chi connectivity index (χ3v) is 6.60. The first-order valence-corrected chi connectivity index (χ1v) is 11.5. The molecule has 0 bridgehead atoms. The van der Waals surface area contributed by atoms with Gasteiger partial charge in [-0.25, -0.2) is 24.9 Å². The number of amides is 2. The summed E-state index contributed by atoms with van der Waals surface area (Å²) in [5, 5.41) is 2.71. The van der Waals surface area contributed by atoms with Gasteiger partial charge in [-0.1, -0.05) is 6.58 Å². The normalized spacial score (nSPS) is 16.8. The largest absolute Gasteiger partial charge is 0.395 e. The van der Waals surface area contributed by atoms with Gasteiger partial charge in [0.05, 0.1) is 17.8 Å². The van der Waals surface area contributed by atoms with E-state index in [1.54, 1.807) is 25.9 Å². The molecule has 2 amide bonds. The maximum Gasteiger partial charge on any atom is 0.395 e. The zero-order chi connectivity index (χ0) is 27.4. The minimum Gasteiger partial charge on any atom is -0.339 e. The molecule has 38 heavy (non-hydrogen) atoms. The molecule has 1 saturated heterocycles. The Bertz CT molecular complexity index is 1420. The molecular formula is C23H23F3N10O2. The van der Waals surface area contributed by atoms with Gasteiger partial charge in [-0.2, -0.15) is 13.2 Å². The second-order valence-electron chi connectivity index (χ2n) is 9.01. The summed E-state index contributed by atoms with van der Waals surface area (Å²) in [6.07, 6.45) is 1.46. The van der Waals surface area contributed by atoms with Crippen LogP contribution in [0.15, 0.2) is 43.4 Å². The Morgan fingerprint density at radius 1 is 1.13 bits per heavy atom. The summed E-state index contributed by atoms with van der Waals surface area (Å²) >= 11 is 0. The molecule has 1 fully saturated rings. The van der Waals surface area contributed by atoms with E-state index < -0.39 is 24.0 Å². The average molecular weight is 528 g/mol. The van der Waals surface area contributed by atoms with Gasteiger partial charge in [0.1, 0.15) is 17.7 Å². The van der Waals surface area contributed by atoms with Crippen LogP contribution >= 0.6 is 0 Å². The quantitative estimate of drug-likeness (QED) is 0.531. The molecular weight excluding hydrogens is 505 g/mol. The number of hydrogen-bond donors (Lipinski definition) is 1. The number of halogens is 3. The van der Waals surface area contributed by atoms with Crippen LogP contribution in [0.2, 0.25) is 0 Å². The van der Waals surface area contributed by atoms with Crippen molar-refractivity contribution in [2.75, 3.05) is 42.3 Å². The third-order valence-electron chi connectivity index (χ3n) is 6.60.